The van der Waals surface area contributed by atoms with Gasteiger partial charge in [0.05, 0.1) is 13.2 Å². The summed E-state index contributed by atoms with van der Waals surface area (Å²) in [6.07, 6.45) is 1.09. The van der Waals surface area contributed by atoms with E-state index in [9.17, 15) is 9.90 Å². The number of amides is 1. The molecular formula is C18H29IN4O3. The first-order valence-corrected chi connectivity index (χ1v) is 8.74. The number of phenols is 1. The number of benzene rings is 1. The highest BCUT2D eigenvalue weighted by atomic mass is 127. The van der Waals surface area contributed by atoms with Gasteiger partial charge in [-0.15, -0.1) is 24.0 Å². The number of aromatic hydroxyl groups is 1. The number of nitrogens with zero attached hydrogens (tertiary/aromatic N) is 2. The molecular weight excluding hydrogens is 447 g/mol. The zero-order valence-corrected chi connectivity index (χ0v) is 17.7. The van der Waals surface area contributed by atoms with E-state index in [0.29, 0.717) is 24.6 Å². The SMILES string of the molecule is CCNC(=NCCNC(=O)c1ccc(O)cc1)N(C)CC1CCOC1.I. The van der Waals surface area contributed by atoms with E-state index in [1.807, 2.05) is 14.0 Å². The first-order valence-electron chi connectivity index (χ1n) is 8.74. The van der Waals surface area contributed by atoms with Crippen LogP contribution in [0.2, 0.25) is 0 Å². The summed E-state index contributed by atoms with van der Waals surface area (Å²) < 4.78 is 5.42. The third-order valence-corrected chi connectivity index (χ3v) is 4.04. The van der Waals surface area contributed by atoms with Crippen molar-refractivity contribution in [2.45, 2.75) is 13.3 Å². The molecule has 0 aromatic heterocycles. The molecule has 1 aromatic rings. The van der Waals surface area contributed by atoms with Gasteiger partial charge in [-0.1, -0.05) is 0 Å². The lowest BCUT2D eigenvalue weighted by Crippen LogP contribution is -2.42. The van der Waals surface area contributed by atoms with Gasteiger partial charge < -0.3 is 25.4 Å². The Kier molecular flexibility index (Phi) is 10.3. The Labute approximate surface area is 172 Å². The topological polar surface area (TPSA) is 86.2 Å². The van der Waals surface area contributed by atoms with E-state index >= 15 is 0 Å². The van der Waals surface area contributed by atoms with Crippen molar-refractivity contribution in [2.75, 3.05) is 46.4 Å². The molecule has 3 N–H and O–H groups in total. The number of ether oxygens (including phenoxy) is 1. The lowest BCUT2D eigenvalue weighted by atomic mass is 10.1. The third kappa shape index (κ3) is 7.36. The molecule has 1 fully saturated rings. The van der Waals surface area contributed by atoms with Gasteiger partial charge in [0.25, 0.3) is 5.91 Å². The van der Waals surface area contributed by atoms with Crippen LogP contribution in [0.5, 0.6) is 5.75 Å². The van der Waals surface area contributed by atoms with E-state index in [-0.39, 0.29) is 35.6 Å². The lowest BCUT2D eigenvalue weighted by molar-refractivity contribution is 0.0955. The number of carbonyl (C=O) groups excluding carboxylic acids is 1. The van der Waals surface area contributed by atoms with Crippen molar-refractivity contribution < 1.29 is 14.6 Å². The number of hydrogen-bond donors (Lipinski definition) is 3. The van der Waals surface area contributed by atoms with Crippen LogP contribution < -0.4 is 10.6 Å². The number of nitrogens with one attached hydrogen (secondary N) is 2. The summed E-state index contributed by atoms with van der Waals surface area (Å²) in [6.45, 7) is 6.35. The molecule has 7 nitrogen and oxygen atoms in total. The summed E-state index contributed by atoms with van der Waals surface area (Å²) in [7, 11) is 2.02. The molecule has 26 heavy (non-hydrogen) atoms. The smallest absolute Gasteiger partial charge is 0.251 e. The Morgan fingerprint density at radius 1 is 1.35 bits per heavy atom. The molecule has 1 aromatic carbocycles. The molecule has 1 heterocycles. The van der Waals surface area contributed by atoms with Gasteiger partial charge in [0.15, 0.2) is 5.96 Å². The minimum absolute atomic E-state index is 0. The number of hydrogen-bond acceptors (Lipinski definition) is 4. The second kappa shape index (κ2) is 11.9. The number of halogens is 1. The highest BCUT2D eigenvalue weighted by molar-refractivity contribution is 14.0. The maximum absolute atomic E-state index is 12.0. The summed E-state index contributed by atoms with van der Waals surface area (Å²) in [4.78, 5) is 18.7. The Bertz CT molecular complexity index is 574. The Hall–Kier alpha value is -1.55. The van der Waals surface area contributed by atoms with Crippen LogP contribution >= 0.6 is 24.0 Å². The van der Waals surface area contributed by atoms with Gasteiger partial charge >= 0.3 is 0 Å². The van der Waals surface area contributed by atoms with Crippen LogP contribution in [0.3, 0.4) is 0 Å². The monoisotopic (exact) mass is 476 g/mol. The number of rotatable bonds is 7. The van der Waals surface area contributed by atoms with Crippen LogP contribution in [0.25, 0.3) is 0 Å². The molecule has 1 saturated heterocycles. The molecule has 0 radical (unpaired) electrons. The molecule has 1 amide bonds. The molecule has 0 bridgehead atoms. The Morgan fingerprint density at radius 3 is 2.69 bits per heavy atom. The molecule has 1 atom stereocenters. The minimum Gasteiger partial charge on any atom is -0.508 e. The fourth-order valence-corrected chi connectivity index (χ4v) is 2.72. The summed E-state index contributed by atoms with van der Waals surface area (Å²) in [6, 6.07) is 6.18. The highest BCUT2D eigenvalue weighted by Crippen LogP contribution is 2.13. The van der Waals surface area contributed by atoms with Crippen LogP contribution in [0.1, 0.15) is 23.7 Å². The van der Waals surface area contributed by atoms with E-state index < -0.39 is 0 Å². The van der Waals surface area contributed by atoms with E-state index in [1.54, 1.807) is 12.1 Å². The molecule has 146 valence electrons. The first-order chi connectivity index (χ1) is 12.1. The molecule has 0 aliphatic carbocycles. The standard InChI is InChI=1S/C18H28N4O3.HI/c1-3-19-18(22(2)12-14-8-11-25-13-14)21-10-9-20-17(24)15-4-6-16(23)7-5-15;/h4-7,14,23H,3,8-13H2,1-2H3,(H,19,21)(H,20,24);1H. The molecule has 8 heteroatoms. The second-order valence-corrected chi connectivity index (χ2v) is 6.15. The van der Waals surface area contributed by atoms with Crippen LogP contribution in [0.15, 0.2) is 29.3 Å². The fraction of sp³-hybridized carbons (Fsp3) is 0.556. The Balaban J connectivity index is 0.00000338. The largest absolute Gasteiger partial charge is 0.508 e. The molecule has 2 rings (SSSR count). The molecule has 1 aliphatic rings. The van der Waals surface area contributed by atoms with Crippen molar-refractivity contribution in [3.8, 4) is 5.75 Å². The third-order valence-electron chi connectivity index (χ3n) is 4.04. The van der Waals surface area contributed by atoms with Crippen molar-refractivity contribution in [3.63, 3.8) is 0 Å². The molecule has 1 aliphatic heterocycles. The number of phenolic OH excluding ortho intramolecular Hbond substituents is 1. The molecule has 0 spiro atoms. The van der Waals surface area contributed by atoms with Gasteiger partial charge in [-0.3, -0.25) is 9.79 Å². The van der Waals surface area contributed by atoms with Gasteiger partial charge in [0.1, 0.15) is 5.75 Å². The first kappa shape index (κ1) is 22.5. The van der Waals surface area contributed by atoms with Gasteiger partial charge in [-0.2, -0.15) is 0 Å². The minimum atomic E-state index is -0.170. The second-order valence-electron chi connectivity index (χ2n) is 6.15. The summed E-state index contributed by atoms with van der Waals surface area (Å²) >= 11 is 0. The zero-order valence-electron chi connectivity index (χ0n) is 15.4. The predicted molar refractivity (Wildman–Crippen MR) is 113 cm³/mol. The number of aliphatic imine (C=N–C) groups is 1. The normalized spacial score (nSPS) is 16.7. The van der Waals surface area contributed by atoms with E-state index in [2.05, 4.69) is 20.5 Å². The van der Waals surface area contributed by atoms with Crippen LogP contribution in [-0.4, -0.2) is 68.3 Å². The zero-order chi connectivity index (χ0) is 18.1. The average Bonchev–Trinajstić information content (AvgIpc) is 3.11. The lowest BCUT2D eigenvalue weighted by Gasteiger charge is -2.24. The van der Waals surface area contributed by atoms with Gasteiger partial charge in [0.2, 0.25) is 0 Å². The molecule has 0 saturated carbocycles. The Morgan fingerprint density at radius 2 is 2.08 bits per heavy atom. The average molecular weight is 476 g/mol. The number of guanidine groups is 1. The van der Waals surface area contributed by atoms with Crippen LogP contribution in [0, 0.1) is 5.92 Å². The predicted octanol–water partition coefficient (Wildman–Crippen LogP) is 1.67. The van der Waals surface area contributed by atoms with Crippen molar-refractivity contribution in [1.82, 2.24) is 15.5 Å². The van der Waals surface area contributed by atoms with E-state index in [0.717, 1.165) is 38.7 Å². The maximum Gasteiger partial charge on any atom is 0.251 e. The van der Waals surface area contributed by atoms with E-state index in [1.165, 1.54) is 12.1 Å². The van der Waals surface area contributed by atoms with Crippen molar-refractivity contribution in [2.24, 2.45) is 10.9 Å². The van der Waals surface area contributed by atoms with Gasteiger partial charge in [-0.25, -0.2) is 0 Å². The maximum atomic E-state index is 12.0. The fourth-order valence-electron chi connectivity index (χ4n) is 2.72. The quantitative estimate of drug-likeness (QED) is 0.241. The van der Waals surface area contributed by atoms with Crippen LogP contribution in [0.4, 0.5) is 0 Å². The van der Waals surface area contributed by atoms with Crippen molar-refractivity contribution in [1.29, 1.82) is 0 Å². The van der Waals surface area contributed by atoms with E-state index in [4.69, 9.17) is 4.74 Å². The highest BCUT2D eigenvalue weighted by Gasteiger charge is 2.18. The summed E-state index contributed by atoms with van der Waals surface area (Å²) in [5.74, 6) is 1.36. The van der Waals surface area contributed by atoms with Crippen molar-refractivity contribution in [3.05, 3.63) is 29.8 Å². The van der Waals surface area contributed by atoms with Gasteiger partial charge in [-0.05, 0) is 37.6 Å². The summed E-state index contributed by atoms with van der Waals surface area (Å²) in [5, 5.41) is 15.4. The summed E-state index contributed by atoms with van der Waals surface area (Å²) in [5.41, 5.74) is 0.520. The van der Waals surface area contributed by atoms with Crippen LogP contribution in [-0.2, 0) is 4.74 Å². The van der Waals surface area contributed by atoms with Gasteiger partial charge in [0, 0.05) is 44.8 Å². The number of carbonyl (C=O) groups is 1. The van der Waals surface area contributed by atoms with Crippen molar-refractivity contribution >= 4 is 35.8 Å². The molecule has 1 unspecified atom stereocenters.